The molecule has 0 spiro atoms. The smallest absolute Gasteiger partial charge is 0.0461 e. The first kappa shape index (κ1) is 40.1. The van der Waals surface area contributed by atoms with Crippen LogP contribution in [0, 0.1) is 6.92 Å². The highest BCUT2D eigenvalue weighted by atomic mass is 15.1. The van der Waals surface area contributed by atoms with Crippen LogP contribution in [0.2, 0.25) is 0 Å². The van der Waals surface area contributed by atoms with Gasteiger partial charge in [0.2, 0.25) is 0 Å². The van der Waals surface area contributed by atoms with Crippen molar-refractivity contribution in [2.75, 3.05) is 4.90 Å². The largest absolute Gasteiger partial charge is 0.314 e. The van der Waals surface area contributed by atoms with E-state index < -0.39 is 0 Å². The Hall–Kier alpha value is -7.48. The van der Waals surface area contributed by atoms with Gasteiger partial charge in [-0.3, -0.25) is 0 Å². The summed E-state index contributed by atoms with van der Waals surface area (Å²) < 4.78 is 0. The molecule has 1 nitrogen and oxygen atoms in total. The maximum atomic E-state index is 2.53. The average Bonchev–Trinajstić information content (AvgIpc) is 4.20. The first-order valence-corrected chi connectivity index (χ1v) is 23.8. The molecule has 9 aromatic rings. The number of hydrogen-bond acceptors (Lipinski definition) is 1. The number of rotatable bonds is 9. The lowest BCUT2D eigenvalue weighted by atomic mass is 9.81. The van der Waals surface area contributed by atoms with Gasteiger partial charge >= 0.3 is 0 Å². The second kappa shape index (κ2) is 16.2. The van der Waals surface area contributed by atoms with Crippen LogP contribution in [0.15, 0.2) is 218 Å². The summed E-state index contributed by atoms with van der Waals surface area (Å²) in [6.45, 7) is 7.05. The van der Waals surface area contributed by atoms with Gasteiger partial charge in [-0.05, 0) is 181 Å². The van der Waals surface area contributed by atoms with Crippen molar-refractivity contribution in [2.45, 2.75) is 57.8 Å². The third kappa shape index (κ3) is 7.02. The van der Waals surface area contributed by atoms with Crippen molar-refractivity contribution in [3.05, 3.63) is 246 Å². The van der Waals surface area contributed by atoms with E-state index in [0.717, 1.165) is 12.8 Å². The third-order valence-corrected chi connectivity index (χ3v) is 14.7. The summed E-state index contributed by atoms with van der Waals surface area (Å²) in [5.41, 5.74) is 24.9. The van der Waals surface area contributed by atoms with Gasteiger partial charge in [-0.2, -0.15) is 0 Å². The lowest BCUT2D eigenvalue weighted by Crippen LogP contribution is -2.20. The predicted octanol–water partition coefficient (Wildman–Crippen LogP) is 17.9. The number of benzene rings is 9. The van der Waals surface area contributed by atoms with Crippen LogP contribution in [0.1, 0.15) is 73.3 Å². The molecule has 9 aromatic carbocycles. The summed E-state index contributed by atoms with van der Waals surface area (Å²) >= 11 is 0. The van der Waals surface area contributed by atoms with E-state index >= 15 is 0 Å². The van der Waals surface area contributed by atoms with Crippen molar-refractivity contribution >= 4 is 27.7 Å². The van der Waals surface area contributed by atoms with E-state index in [1.807, 2.05) is 0 Å². The molecule has 0 aromatic heterocycles. The van der Waals surface area contributed by atoms with E-state index in [2.05, 4.69) is 238 Å². The van der Waals surface area contributed by atoms with Gasteiger partial charge in [0.25, 0.3) is 0 Å². The molecule has 0 N–H and O–H groups in total. The van der Waals surface area contributed by atoms with Crippen molar-refractivity contribution in [3.63, 3.8) is 0 Å². The fourth-order valence-electron chi connectivity index (χ4n) is 11.1. The van der Waals surface area contributed by atoms with Crippen molar-refractivity contribution < 1.29 is 0 Å². The molecule has 0 heterocycles. The number of allylic oxidation sites excluding steroid dienone is 4. The molecule has 0 saturated heterocycles. The molecular formula is C65H53N. The second-order valence-electron chi connectivity index (χ2n) is 19.2. The Morgan fingerprint density at radius 1 is 0.424 bits per heavy atom. The normalized spacial score (nSPS) is 14.9. The van der Waals surface area contributed by atoms with Crippen LogP contribution >= 0.6 is 0 Å². The fraction of sp³-hybridized carbons (Fsp3) is 0.138. The zero-order valence-electron chi connectivity index (χ0n) is 38.1. The zero-order valence-corrected chi connectivity index (χ0v) is 38.1. The number of hydrogen-bond donors (Lipinski definition) is 0. The molecule has 0 radical (unpaired) electrons. The fourth-order valence-corrected chi connectivity index (χ4v) is 11.1. The SMILES string of the molecule is Cc1ccccc1-c1cccc(C2=CC=C(N(c3ccc(-c4cccc(-c5cccc6ccccc56)c4)cc3)c3ccc4c(c3)C(C)(C)c3cc(-c5ccccc5)ccc3-4)CC2)c1C1CC1. The van der Waals surface area contributed by atoms with Gasteiger partial charge in [0.05, 0.1) is 0 Å². The molecular weight excluding hydrogens is 795 g/mol. The van der Waals surface area contributed by atoms with E-state index in [0.29, 0.717) is 5.92 Å². The van der Waals surface area contributed by atoms with Crippen LogP contribution in [-0.2, 0) is 5.41 Å². The van der Waals surface area contributed by atoms with Crippen LogP contribution in [0.4, 0.5) is 11.4 Å². The maximum absolute atomic E-state index is 2.53. The van der Waals surface area contributed by atoms with Gasteiger partial charge in [0, 0.05) is 22.5 Å². The molecule has 1 saturated carbocycles. The van der Waals surface area contributed by atoms with Crippen molar-refractivity contribution in [2.24, 2.45) is 0 Å². The van der Waals surface area contributed by atoms with Gasteiger partial charge < -0.3 is 4.90 Å². The van der Waals surface area contributed by atoms with Gasteiger partial charge in [-0.15, -0.1) is 0 Å². The molecule has 0 bridgehead atoms. The Morgan fingerprint density at radius 3 is 1.82 bits per heavy atom. The van der Waals surface area contributed by atoms with Crippen molar-refractivity contribution in [1.29, 1.82) is 0 Å². The standard InChI is InChI=1S/C65H53N/c1-43-14-7-9-21-55(43)61-25-13-24-58(64(61)48-26-27-48)47-30-35-53(36-31-47)66(54-37-39-60-59-38-32-50(44-15-5-4-6-16-44)41-62(59)65(2,3)63(60)42-54)52-33-28-45(29-34-52)49-19-11-20-51(40-49)57-23-12-18-46-17-8-10-22-56(46)57/h4-25,28-30,32-35,37-42,48H,26-27,31,36H2,1-3H3. The highest BCUT2D eigenvalue weighted by Crippen LogP contribution is 2.53. The second-order valence-corrected chi connectivity index (χ2v) is 19.2. The minimum absolute atomic E-state index is 0.161. The number of aryl methyl sites for hydroxylation is 1. The summed E-state index contributed by atoms with van der Waals surface area (Å²) in [5, 5.41) is 2.54. The number of fused-ring (bicyclic) bond motifs is 4. The van der Waals surface area contributed by atoms with Crippen LogP contribution in [0.3, 0.4) is 0 Å². The highest BCUT2D eigenvalue weighted by Gasteiger charge is 2.37. The van der Waals surface area contributed by atoms with Gasteiger partial charge in [-0.1, -0.05) is 184 Å². The van der Waals surface area contributed by atoms with Gasteiger partial charge in [0.1, 0.15) is 0 Å². The Labute approximate surface area is 390 Å². The topological polar surface area (TPSA) is 3.24 Å². The Kier molecular flexibility index (Phi) is 9.83. The first-order valence-electron chi connectivity index (χ1n) is 23.8. The monoisotopic (exact) mass is 847 g/mol. The maximum Gasteiger partial charge on any atom is 0.0461 e. The van der Waals surface area contributed by atoms with Gasteiger partial charge in [0.15, 0.2) is 0 Å². The lowest BCUT2D eigenvalue weighted by Gasteiger charge is -2.32. The molecule has 0 unspecified atom stereocenters. The van der Waals surface area contributed by atoms with Gasteiger partial charge in [-0.25, -0.2) is 0 Å². The van der Waals surface area contributed by atoms with Crippen LogP contribution in [0.5, 0.6) is 0 Å². The average molecular weight is 848 g/mol. The Morgan fingerprint density at radius 2 is 1.02 bits per heavy atom. The van der Waals surface area contributed by atoms with Crippen molar-refractivity contribution in [3.8, 4) is 55.6 Å². The predicted molar refractivity (Wildman–Crippen MR) is 280 cm³/mol. The molecule has 66 heavy (non-hydrogen) atoms. The third-order valence-electron chi connectivity index (χ3n) is 14.7. The van der Waals surface area contributed by atoms with E-state index in [1.165, 1.54) is 124 Å². The highest BCUT2D eigenvalue weighted by molar-refractivity contribution is 5.97. The quantitative estimate of drug-likeness (QED) is 0.140. The van der Waals surface area contributed by atoms with E-state index in [4.69, 9.17) is 0 Å². The minimum atomic E-state index is -0.161. The van der Waals surface area contributed by atoms with Crippen molar-refractivity contribution in [1.82, 2.24) is 0 Å². The zero-order chi connectivity index (χ0) is 44.4. The molecule has 0 atom stereocenters. The molecule has 318 valence electrons. The number of nitrogens with zero attached hydrogens (tertiary/aromatic N) is 1. The summed E-state index contributed by atoms with van der Waals surface area (Å²) in [4.78, 5) is 2.53. The molecule has 1 heteroatoms. The van der Waals surface area contributed by atoms with Crippen LogP contribution in [0.25, 0.3) is 72.0 Å². The molecule has 0 aliphatic heterocycles. The minimum Gasteiger partial charge on any atom is -0.314 e. The van der Waals surface area contributed by atoms with E-state index in [9.17, 15) is 0 Å². The molecule has 12 rings (SSSR count). The Balaban J connectivity index is 0.941. The molecule has 1 fully saturated rings. The van der Waals surface area contributed by atoms with Crippen LogP contribution in [-0.4, -0.2) is 0 Å². The van der Waals surface area contributed by atoms with E-state index in [1.54, 1.807) is 5.56 Å². The summed E-state index contributed by atoms with van der Waals surface area (Å²) in [6.07, 6.45) is 9.32. The number of anilines is 2. The first-order chi connectivity index (χ1) is 32.4. The lowest BCUT2D eigenvalue weighted by molar-refractivity contribution is 0.660. The summed E-state index contributed by atoms with van der Waals surface area (Å²) in [7, 11) is 0. The molecule has 3 aliphatic rings. The van der Waals surface area contributed by atoms with Crippen LogP contribution < -0.4 is 4.90 Å². The summed E-state index contributed by atoms with van der Waals surface area (Å²) in [6, 6.07) is 74.6. The molecule has 3 aliphatic carbocycles. The Bertz CT molecular complexity index is 3390. The molecule has 0 amide bonds. The van der Waals surface area contributed by atoms with E-state index in [-0.39, 0.29) is 5.41 Å². The summed E-state index contributed by atoms with van der Waals surface area (Å²) in [5.74, 6) is 0.632.